The highest BCUT2D eigenvalue weighted by Crippen LogP contribution is 2.11. The summed E-state index contributed by atoms with van der Waals surface area (Å²) in [6.07, 6.45) is 1.82. The Balaban J connectivity index is 3.04. The number of halogens is 1. The van der Waals surface area contributed by atoms with Gasteiger partial charge in [-0.1, -0.05) is 15.9 Å². The summed E-state index contributed by atoms with van der Waals surface area (Å²) in [6, 6.07) is 1.93. The summed E-state index contributed by atoms with van der Waals surface area (Å²) in [5.74, 6) is 0. The molecular weight excluding hydrogens is 192 g/mol. The second kappa shape index (κ2) is 3.01. The van der Waals surface area contributed by atoms with Crippen molar-refractivity contribution in [2.24, 2.45) is 0 Å². The molecule has 3 heteroatoms. The lowest BCUT2D eigenvalue weighted by atomic mass is 10.2. The van der Waals surface area contributed by atoms with E-state index < -0.39 is 0 Å². The van der Waals surface area contributed by atoms with Crippen LogP contribution in [0, 0.1) is 6.92 Å². The first kappa shape index (κ1) is 7.54. The van der Waals surface area contributed by atoms with E-state index in [4.69, 9.17) is 5.73 Å². The van der Waals surface area contributed by atoms with Gasteiger partial charge in [0.05, 0.1) is 11.4 Å². The van der Waals surface area contributed by atoms with Crippen molar-refractivity contribution in [2.75, 3.05) is 5.73 Å². The molecule has 0 amide bonds. The van der Waals surface area contributed by atoms with Crippen molar-refractivity contribution in [3.63, 3.8) is 0 Å². The first-order valence-corrected chi connectivity index (χ1v) is 4.13. The number of hydrogen-bond donors (Lipinski definition) is 1. The Kier molecular flexibility index (Phi) is 2.27. The van der Waals surface area contributed by atoms with Gasteiger partial charge in [-0.2, -0.15) is 0 Å². The van der Waals surface area contributed by atoms with E-state index in [2.05, 4.69) is 20.9 Å². The predicted molar refractivity (Wildman–Crippen MR) is 46.0 cm³/mol. The van der Waals surface area contributed by atoms with Gasteiger partial charge in [-0.15, -0.1) is 0 Å². The fraction of sp³-hybridized carbons (Fsp3) is 0.286. The van der Waals surface area contributed by atoms with Crippen LogP contribution in [-0.2, 0) is 5.33 Å². The van der Waals surface area contributed by atoms with Crippen molar-refractivity contribution in [1.29, 1.82) is 0 Å². The van der Waals surface area contributed by atoms with Gasteiger partial charge in [0.15, 0.2) is 0 Å². The highest BCUT2D eigenvalue weighted by atomic mass is 79.9. The van der Waals surface area contributed by atoms with Crippen molar-refractivity contribution in [3.05, 3.63) is 23.5 Å². The molecule has 54 valence electrons. The molecular formula is C7H9BrN2. The summed E-state index contributed by atoms with van der Waals surface area (Å²) in [5, 5.41) is 0.810. The van der Waals surface area contributed by atoms with Crippen LogP contribution in [0.25, 0.3) is 0 Å². The number of anilines is 1. The molecule has 0 radical (unpaired) electrons. The normalized spacial score (nSPS) is 9.80. The molecule has 0 aliphatic rings. The van der Waals surface area contributed by atoms with Gasteiger partial charge in [-0.3, -0.25) is 4.98 Å². The third kappa shape index (κ3) is 1.48. The smallest absolute Gasteiger partial charge is 0.0601 e. The topological polar surface area (TPSA) is 38.9 Å². The fourth-order valence-electron chi connectivity index (χ4n) is 0.669. The molecule has 2 nitrogen and oxygen atoms in total. The molecule has 1 heterocycles. The fourth-order valence-corrected chi connectivity index (χ4v) is 0.975. The van der Waals surface area contributed by atoms with Crippen molar-refractivity contribution < 1.29 is 0 Å². The molecule has 0 bridgehead atoms. The van der Waals surface area contributed by atoms with Gasteiger partial charge in [0.25, 0.3) is 0 Å². The van der Waals surface area contributed by atoms with Crippen LogP contribution in [-0.4, -0.2) is 4.98 Å². The molecule has 0 aliphatic carbocycles. The number of nitrogen functional groups attached to an aromatic ring is 1. The zero-order valence-electron chi connectivity index (χ0n) is 5.76. The van der Waals surface area contributed by atoms with Crippen LogP contribution in [0.2, 0.25) is 0 Å². The maximum absolute atomic E-state index is 5.61. The first-order valence-electron chi connectivity index (χ1n) is 3.01. The van der Waals surface area contributed by atoms with Crippen LogP contribution in [0.3, 0.4) is 0 Å². The Morgan fingerprint density at radius 2 is 2.40 bits per heavy atom. The third-order valence-corrected chi connectivity index (χ3v) is 1.98. The number of nitrogens with zero attached hydrogens (tertiary/aromatic N) is 1. The van der Waals surface area contributed by atoms with Gasteiger partial charge in [0.1, 0.15) is 0 Å². The first-order chi connectivity index (χ1) is 4.74. The lowest BCUT2D eigenvalue weighted by molar-refractivity contribution is 1.17. The zero-order chi connectivity index (χ0) is 7.56. The van der Waals surface area contributed by atoms with E-state index in [-0.39, 0.29) is 0 Å². The van der Waals surface area contributed by atoms with E-state index >= 15 is 0 Å². The van der Waals surface area contributed by atoms with E-state index in [0.717, 1.165) is 22.3 Å². The van der Waals surface area contributed by atoms with Crippen LogP contribution in [0.4, 0.5) is 5.69 Å². The Bertz CT molecular complexity index is 235. The van der Waals surface area contributed by atoms with Crippen molar-refractivity contribution in [1.82, 2.24) is 4.98 Å². The molecule has 0 aromatic carbocycles. The summed E-state index contributed by atoms with van der Waals surface area (Å²) < 4.78 is 0. The molecule has 1 aromatic heterocycles. The van der Waals surface area contributed by atoms with E-state index in [1.165, 1.54) is 0 Å². The summed E-state index contributed by atoms with van der Waals surface area (Å²) in [7, 11) is 0. The van der Waals surface area contributed by atoms with Gasteiger partial charge in [-0.25, -0.2) is 0 Å². The van der Waals surface area contributed by atoms with Gasteiger partial charge in [0.2, 0.25) is 0 Å². The minimum absolute atomic E-state index is 0.761. The molecule has 0 aliphatic heterocycles. The largest absolute Gasteiger partial charge is 0.397 e. The van der Waals surface area contributed by atoms with Crippen molar-refractivity contribution in [3.8, 4) is 0 Å². The predicted octanol–water partition coefficient (Wildman–Crippen LogP) is 1.87. The third-order valence-electron chi connectivity index (χ3n) is 1.34. The second-order valence-electron chi connectivity index (χ2n) is 2.15. The summed E-state index contributed by atoms with van der Waals surface area (Å²) in [4.78, 5) is 4.09. The molecule has 1 rings (SSSR count). The summed E-state index contributed by atoms with van der Waals surface area (Å²) in [6.45, 7) is 1.90. The molecule has 0 saturated heterocycles. The number of aryl methyl sites for hydroxylation is 1. The molecule has 0 atom stereocenters. The van der Waals surface area contributed by atoms with Crippen LogP contribution < -0.4 is 5.73 Å². The van der Waals surface area contributed by atoms with Crippen molar-refractivity contribution >= 4 is 21.6 Å². The van der Waals surface area contributed by atoms with E-state index in [0.29, 0.717) is 0 Å². The lowest BCUT2D eigenvalue weighted by Gasteiger charge is -1.99. The summed E-state index contributed by atoms with van der Waals surface area (Å²) >= 11 is 3.32. The molecule has 0 unspecified atom stereocenters. The highest BCUT2D eigenvalue weighted by molar-refractivity contribution is 9.08. The minimum atomic E-state index is 0.761. The Morgan fingerprint density at radius 3 is 2.90 bits per heavy atom. The second-order valence-corrected chi connectivity index (χ2v) is 2.71. The lowest BCUT2D eigenvalue weighted by Crippen LogP contribution is -1.93. The van der Waals surface area contributed by atoms with E-state index in [1.54, 1.807) is 0 Å². The van der Waals surface area contributed by atoms with Gasteiger partial charge in [0, 0.05) is 11.5 Å². The molecule has 0 fully saturated rings. The van der Waals surface area contributed by atoms with Gasteiger partial charge >= 0.3 is 0 Å². The number of rotatable bonds is 1. The standard InChI is InChI=1S/C7H9BrN2/c1-5-7(9)2-6(3-8)4-10-5/h2,4H,3,9H2,1H3. The quantitative estimate of drug-likeness (QED) is 0.704. The average Bonchev–Trinajstić information content (AvgIpc) is 1.95. The van der Waals surface area contributed by atoms with Crippen LogP contribution >= 0.6 is 15.9 Å². The van der Waals surface area contributed by atoms with Crippen LogP contribution in [0.1, 0.15) is 11.3 Å². The zero-order valence-corrected chi connectivity index (χ0v) is 7.35. The van der Waals surface area contributed by atoms with E-state index in [9.17, 15) is 0 Å². The average molecular weight is 201 g/mol. The number of hydrogen-bond acceptors (Lipinski definition) is 2. The molecule has 10 heavy (non-hydrogen) atoms. The number of pyridine rings is 1. The monoisotopic (exact) mass is 200 g/mol. The minimum Gasteiger partial charge on any atom is -0.397 e. The Morgan fingerprint density at radius 1 is 1.70 bits per heavy atom. The van der Waals surface area contributed by atoms with Gasteiger partial charge < -0.3 is 5.73 Å². The molecule has 2 N–H and O–H groups in total. The number of alkyl halides is 1. The van der Waals surface area contributed by atoms with Crippen LogP contribution in [0.5, 0.6) is 0 Å². The SMILES string of the molecule is Cc1ncc(CBr)cc1N. The molecule has 0 spiro atoms. The Hall–Kier alpha value is -0.570. The number of nitrogens with two attached hydrogens (primary N) is 1. The van der Waals surface area contributed by atoms with Gasteiger partial charge in [-0.05, 0) is 18.6 Å². The molecule has 0 saturated carbocycles. The Labute approximate surface area is 68.6 Å². The highest BCUT2D eigenvalue weighted by Gasteiger charge is 1.94. The van der Waals surface area contributed by atoms with Crippen molar-refractivity contribution in [2.45, 2.75) is 12.3 Å². The van der Waals surface area contributed by atoms with E-state index in [1.807, 2.05) is 19.2 Å². The summed E-state index contributed by atoms with van der Waals surface area (Å²) in [5.41, 5.74) is 8.38. The maximum atomic E-state index is 5.61. The number of aromatic nitrogens is 1. The van der Waals surface area contributed by atoms with Crippen LogP contribution in [0.15, 0.2) is 12.3 Å². The maximum Gasteiger partial charge on any atom is 0.0601 e. The molecule has 1 aromatic rings.